The highest BCUT2D eigenvalue weighted by molar-refractivity contribution is 5.68. The van der Waals surface area contributed by atoms with Gasteiger partial charge in [0, 0.05) is 6.42 Å². The molecule has 0 fully saturated rings. The molecule has 0 aromatic rings. The van der Waals surface area contributed by atoms with Crippen LogP contribution in [0.1, 0.15) is 27.2 Å². The van der Waals surface area contributed by atoms with Crippen LogP contribution in [0.3, 0.4) is 0 Å². The number of ether oxygens (including phenoxy) is 1. The third kappa shape index (κ3) is 13.3. The summed E-state index contributed by atoms with van der Waals surface area (Å²) in [6, 6.07) is 0. The molecule has 0 aromatic carbocycles. The maximum Gasteiger partial charge on any atom is 0.305 e. The Labute approximate surface area is 87.0 Å². The summed E-state index contributed by atoms with van der Waals surface area (Å²) in [6.45, 7) is 9.38. The van der Waals surface area contributed by atoms with E-state index >= 15 is 0 Å². The highest BCUT2D eigenvalue weighted by Crippen LogP contribution is 1.91. The molecule has 0 spiro atoms. The van der Waals surface area contributed by atoms with Crippen LogP contribution < -0.4 is 0 Å². The molecular formula is C12H20O2. The minimum atomic E-state index is -0.157. The smallest absolute Gasteiger partial charge is 0.305 e. The highest BCUT2D eigenvalue weighted by Gasteiger charge is 1.87. The Hall–Kier alpha value is -1.31. The summed E-state index contributed by atoms with van der Waals surface area (Å²) in [6.07, 6.45) is 8.31. The molecule has 2 heteroatoms. The number of allylic oxidation sites excluding steroid dienone is 5. The third-order valence-corrected chi connectivity index (χ3v) is 1.39. The first-order valence-corrected chi connectivity index (χ1v) is 4.61. The van der Waals surface area contributed by atoms with Gasteiger partial charge in [-0.25, -0.2) is 0 Å². The fourth-order valence-corrected chi connectivity index (χ4v) is 0.460. The largest absolute Gasteiger partial charge is 0.469 e. The molecule has 0 unspecified atom stereocenters. The molecule has 0 radical (unpaired) electrons. The van der Waals surface area contributed by atoms with Crippen molar-refractivity contribution in [1.29, 1.82) is 0 Å². The lowest BCUT2D eigenvalue weighted by Crippen LogP contribution is -1.94. The first-order valence-electron chi connectivity index (χ1n) is 4.61. The average molecular weight is 196 g/mol. The van der Waals surface area contributed by atoms with Gasteiger partial charge in [0.1, 0.15) is 0 Å². The highest BCUT2D eigenvalue weighted by atomic mass is 16.5. The minimum Gasteiger partial charge on any atom is -0.469 e. The van der Waals surface area contributed by atoms with Crippen molar-refractivity contribution >= 4 is 5.97 Å². The molecule has 0 bridgehead atoms. The Morgan fingerprint density at radius 1 is 1.50 bits per heavy atom. The number of esters is 1. The summed E-state index contributed by atoms with van der Waals surface area (Å²) in [5.41, 5.74) is 1.20. The van der Waals surface area contributed by atoms with E-state index in [9.17, 15) is 4.79 Å². The molecule has 0 aliphatic carbocycles. The quantitative estimate of drug-likeness (QED) is 0.511. The van der Waals surface area contributed by atoms with Gasteiger partial charge in [0.05, 0.1) is 7.11 Å². The van der Waals surface area contributed by atoms with E-state index in [0.29, 0.717) is 6.42 Å². The fourth-order valence-electron chi connectivity index (χ4n) is 0.460. The number of hydrogen-bond donors (Lipinski definition) is 0. The number of hydrogen-bond acceptors (Lipinski definition) is 2. The van der Waals surface area contributed by atoms with Crippen LogP contribution in [0.25, 0.3) is 0 Å². The zero-order valence-electron chi connectivity index (χ0n) is 9.54. The van der Waals surface area contributed by atoms with E-state index in [1.54, 1.807) is 6.92 Å². The van der Waals surface area contributed by atoms with Gasteiger partial charge in [-0.3, -0.25) is 4.79 Å². The molecule has 0 aliphatic heterocycles. The molecule has 0 heterocycles. The van der Waals surface area contributed by atoms with Crippen LogP contribution in [0.5, 0.6) is 0 Å². The molecule has 0 aliphatic rings. The van der Waals surface area contributed by atoms with Gasteiger partial charge in [-0.15, -0.1) is 0 Å². The van der Waals surface area contributed by atoms with Crippen LogP contribution >= 0.6 is 0 Å². The third-order valence-electron chi connectivity index (χ3n) is 1.39. The summed E-state index contributed by atoms with van der Waals surface area (Å²) in [5.74, 6) is -0.157. The van der Waals surface area contributed by atoms with Crippen LogP contribution in [0.15, 0.2) is 36.5 Å². The van der Waals surface area contributed by atoms with Gasteiger partial charge in [0.2, 0.25) is 0 Å². The van der Waals surface area contributed by atoms with Crippen molar-refractivity contribution in [1.82, 2.24) is 0 Å². The van der Waals surface area contributed by atoms with Gasteiger partial charge < -0.3 is 4.74 Å². The second kappa shape index (κ2) is 11.7. The van der Waals surface area contributed by atoms with E-state index in [0.717, 1.165) is 0 Å². The molecule has 14 heavy (non-hydrogen) atoms. The van der Waals surface area contributed by atoms with E-state index in [1.165, 1.54) is 12.7 Å². The van der Waals surface area contributed by atoms with E-state index in [-0.39, 0.29) is 5.97 Å². The summed E-state index contributed by atoms with van der Waals surface area (Å²) in [7, 11) is 1.38. The topological polar surface area (TPSA) is 26.3 Å². The van der Waals surface area contributed by atoms with Gasteiger partial charge in [-0.2, -0.15) is 0 Å². The second-order valence-electron chi connectivity index (χ2n) is 2.57. The van der Waals surface area contributed by atoms with Crippen molar-refractivity contribution < 1.29 is 9.53 Å². The van der Waals surface area contributed by atoms with Gasteiger partial charge in [-0.05, 0) is 13.8 Å². The molecule has 0 amide bonds. The number of methoxy groups -OCH3 is 1. The van der Waals surface area contributed by atoms with Crippen molar-refractivity contribution in [2.24, 2.45) is 0 Å². The van der Waals surface area contributed by atoms with E-state index in [4.69, 9.17) is 0 Å². The fraction of sp³-hybridized carbons (Fsp3) is 0.417. The Kier molecular flexibility index (Phi) is 12.7. The van der Waals surface area contributed by atoms with Crippen LogP contribution in [0.4, 0.5) is 0 Å². The lowest BCUT2D eigenvalue weighted by Gasteiger charge is -1.87. The van der Waals surface area contributed by atoms with Crippen LogP contribution in [-0.2, 0) is 9.53 Å². The predicted molar refractivity (Wildman–Crippen MR) is 61.1 cm³/mol. The van der Waals surface area contributed by atoms with E-state index in [1.807, 2.05) is 38.2 Å². The van der Waals surface area contributed by atoms with Gasteiger partial charge >= 0.3 is 5.97 Å². The zero-order chi connectivity index (χ0) is 11.4. The van der Waals surface area contributed by atoms with Crippen molar-refractivity contribution in [3.8, 4) is 0 Å². The average Bonchev–Trinajstić information content (AvgIpc) is 2.25. The van der Waals surface area contributed by atoms with Gasteiger partial charge in [-0.1, -0.05) is 43.4 Å². The molecule has 0 saturated carbocycles. The normalized spacial score (nSPS) is 10.4. The lowest BCUT2D eigenvalue weighted by atomic mass is 10.3. The maximum atomic E-state index is 9.96. The maximum absolute atomic E-state index is 9.96. The Bertz CT molecular complexity index is 206. The molecule has 0 atom stereocenters. The molecule has 0 aromatic heterocycles. The Morgan fingerprint density at radius 2 is 2.07 bits per heavy atom. The Balaban J connectivity index is 0. The summed E-state index contributed by atoms with van der Waals surface area (Å²) in [4.78, 5) is 9.96. The van der Waals surface area contributed by atoms with Crippen molar-refractivity contribution in [3.05, 3.63) is 36.5 Å². The van der Waals surface area contributed by atoms with Gasteiger partial charge in [0.15, 0.2) is 0 Å². The summed E-state index contributed by atoms with van der Waals surface area (Å²) >= 11 is 0. The molecule has 0 rings (SSSR count). The van der Waals surface area contributed by atoms with E-state index < -0.39 is 0 Å². The zero-order valence-corrected chi connectivity index (χ0v) is 9.54. The number of carbonyl (C=O) groups is 1. The minimum absolute atomic E-state index is 0.157. The van der Waals surface area contributed by atoms with E-state index in [2.05, 4.69) is 11.3 Å². The van der Waals surface area contributed by atoms with Crippen molar-refractivity contribution in [2.75, 3.05) is 7.11 Å². The molecule has 2 nitrogen and oxygen atoms in total. The molecular weight excluding hydrogens is 176 g/mol. The van der Waals surface area contributed by atoms with Crippen molar-refractivity contribution in [3.63, 3.8) is 0 Å². The number of rotatable bonds is 3. The first-order chi connectivity index (χ1) is 6.62. The first kappa shape index (κ1) is 15.2. The lowest BCUT2D eigenvalue weighted by molar-refractivity contribution is -0.140. The summed E-state index contributed by atoms with van der Waals surface area (Å²) in [5, 5.41) is 0. The Morgan fingerprint density at radius 3 is 2.29 bits per heavy atom. The monoisotopic (exact) mass is 196 g/mol. The van der Waals surface area contributed by atoms with Crippen LogP contribution in [-0.4, -0.2) is 13.1 Å². The molecule has 0 N–H and O–H groups in total. The van der Waals surface area contributed by atoms with Crippen LogP contribution in [0.2, 0.25) is 0 Å². The summed E-state index contributed by atoms with van der Waals surface area (Å²) < 4.78 is 4.26. The second-order valence-corrected chi connectivity index (χ2v) is 2.57. The molecule has 80 valence electrons. The molecule has 0 saturated heterocycles. The predicted octanol–water partition coefficient (Wildman–Crippen LogP) is 3.26. The number of carbonyl (C=O) groups excluding carboxylic acids is 1. The van der Waals surface area contributed by atoms with Gasteiger partial charge in [0.25, 0.3) is 0 Å². The van der Waals surface area contributed by atoms with Crippen molar-refractivity contribution in [2.45, 2.75) is 27.2 Å². The standard InChI is InChI=1S/C8H12.C4H8O2/c1-4-6-7-8(3)5-2;1-3-4(5)6-2/h4-7H,2H2,1,3H3;3H2,1-2H3/b6-4-,8-7-;. The van der Waals surface area contributed by atoms with Crippen LogP contribution in [0, 0.1) is 0 Å². The SMILES string of the molecule is C=C/C(C)=C\C=C/C.CCC(=O)OC.